The molecule has 2 fully saturated rings. The molecule has 11 unspecified atom stereocenters. The Labute approximate surface area is 431 Å². The molecular weight excluding hydrogens is 925 g/mol. The van der Waals surface area contributed by atoms with E-state index in [4.69, 9.17) is 28.4 Å². The van der Waals surface area contributed by atoms with Crippen molar-refractivity contribution in [3.63, 3.8) is 0 Å². The van der Waals surface area contributed by atoms with Crippen molar-refractivity contribution in [1.29, 1.82) is 0 Å². The van der Waals surface area contributed by atoms with E-state index in [1.165, 1.54) is 19.3 Å². The third-order valence-electron chi connectivity index (χ3n) is 12.4. The minimum absolute atomic E-state index is 0.147. The zero-order chi connectivity index (χ0) is 52.4. The molecule has 0 saturated carbocycles. The van der Waals surface area contributed by atoms with Crippen molar-refractivity contribution in [2.75, 3.05) is 26.4 Å². The Morgan fingerprint density at radius 2 is 0.833 bits per heavy atom. The van der Waals surface area contributed by atoms with E-state index < -0.39 is 99.3 Å². The zero-order valence-corrected chi connectivity index (χ0v) is 43.6. The highest BCUT2D eigenvalue weighted by molar-refractivity contribution is 5.70. The second-order valence-electron chi connectivity index (χ2n) is 18.6. The van der Waals surface area contributed by atoms with Crippen molar-refractivity contribution < 1.29 is 73.8 Å². The third-order valence-corrected chi connectivity index (χ3v) is 12.4. The molecule has 0 aliphatic carbocycles. The Balaban J connectivity index is 1.79. The Kier molecular flexibility index (Phi) is 38.7. The molecule has 0 aromatic carbocycles. The maximum Gasteiger partial charge on any atom is 0.306 e. The Morgan fingerprint density at radius 3 is 1.31 bits per heavy atom. The molecule has 11 atom stereocenters. The average Bonchev–Trinajstić information content (AvgIpc) is 3.37. The zero-order valence-electron chi connectivity index (χ0n) is 43.6. The molecule has 412 valence electrons. The van der Waals surface area contributed by atoms with E-state index >= 15 is 0 Å². The van der Waals surface area contributed by atoms with Gasteiger partial charge in [-0.3, -0.25) is 9.59 Å². The van der Waals surface area contributed by atoms with E-state index in [-0.39, 0.29) is 19.4 Å². The molecule has 2 rings (SSSR count). The molecule has 72 heavy (non-hydrogen) atoms. The van der Waals surface area contributed by atoms with Crippen molar-refractivity contribution in [2.45, 2.75) is 235 Å². The number of aliphatic hydroxyl groups excluding tert-OH is 7. The fraction of sp³-hybridized carbons (Fsp3) is 0.719. The van der Waals surface area contributed by atoms with Crippen LogP contribution in [0.1, 0.15) is 168 Å². The molecule has 2 aliphatic heterocycles. The second-order valence-corrected chi connectivity index (χ2v) is 18.6. The molecule has 2 heterocycles. The normalized spacial score (nSPS) is 25.7. The van der Waals surface area contributed by atoms with Gasteiger partial charge >= 0.3 is 11.9 Å². The molecule has 7 N–H and O–H groups in total. The number of ether oxygens (including phenoxy) is 6. The van der Waals surface area contributed by atoms with Gasteiger partial charge in [-0.15, -0.1) is 0 Å². The fourth-order valence-electron chi connectivity index (χ4n) is 7.99. The number of hydrogen-bond acceptors (Lipinski definition) is 15. The first-order chi connectivity index (χ1) is 35.0. The van der Waals surface area contributed by atoms with E-state index in [0.717, 1.165) is 109 Å². The monoisotopic (exact) mass is 1020 g/mol. The minimum Gasteiger partial charge on any atom is -0.462 e. The standard InChI is InChI=1S/C57H94O15/c1-3-5-7-9-11-13-15-17-19-20-21-22-23-24-26-28-30-32-34-36-38-40-49(60)70-45(42-67-48(59)39-37-35-33-31-29-27-25-18-16-14-12-10-8-6-4-2)43-68-56-55(66)53(64)51(62)47(72-56)44-69-57-54(65)52(63)50(61)46(41-58)71-57/h5-8,11-14,17-19,21-22,25,45-47,50-58,61-66H,3-4,9-10,15-16,20,23-24,26-44H2,1-2H3/b7-5-,8-6-,13-11-,14-12-,19-17-,22-21-,25-18-. The molecule has 0 aromatic heterocycles. The lowest BCUT2D eigenvalue weighted by molar-refractivity contribution is -0.332. The minimum atomic E-state index is -1.77. The van der Waals surface area contributed by atoms with Crippen LogP contribution >= 0.6 is 0 Å². The number of aliphatic hydroxyl groups is 7. The van der Waals surface area contributed by atoms with Gasteiger partial charge in [-0.05, 0) is 83.5 Å². The quantitative estimate of drug-likeness (QED) is 0.0173. The molecule has 2 aliphatic rings. The van der Waals surface area contributed by atoms with Gasteiger partial charge in [0.05, 0.1) is 19.8 Å². The highest BCUT2D eigenvalue weighted by Crippen LogP contribution is 2.26. The molecule has 15 nitrogen and oxygen atoms in total. The van der Waals surface area contributed by atoms with Gasteiger partial charge in [0, 0.05) is 12.8 Å². The van der Waals surface area contributed by atoms with Gasteiger partial charge in [0.1, 0.15) is 55.4 Å². The van der Waals surface area contributed by atoms with Gasteiger partial charge < -0.3 is 64.2 Å². The van der Waals surface area contributed by atoms with E-state index in [2.05, 4.69) is 98.9 Å². The van der Waals surface area contributed by atoms with Crippen molar-refractivity contribution in [2.24, 2.45) is 0 Å². The van der Waals surface area contributed by atoms with Crippen LogP contribution in [0.4, 0.5) is 0 Å². The molecular formula is C57H94O15. The summed E-state index contributed by atoms with van der Waals surface area (Å²) in [4.78, 5) is 25.8. The third kappa shape index (κ3) is 30.1. The molecule has 0 bridgehead atoms. The summed E-state index contributed by atoms with van der Waals surface area (Å²) in [6, 6.07) is 0. The number of rotatable bonds is 41. The Bertz CT molecular complexity index is 1570. The largest absolute Gasteiger partial charge is 0.462 e. The van der Waals surface area contributed by atoms with Crippen LogP contribution in [0.15, 0.2) is 85.1 Å². The van der Waals surface area contributed by atoms with Gasteiger partial charge in [-0.25, -0.2) is 0 Å². The number of unbranched alkanes of at least 4 members (excludes halogenated alkanes) is 13. The summed E-state index contributed by atoms with van der Waals surface area (Å²) < 4.78 is 33.6. The highest BCUT2D eigenvalue weighted by Gasteiger charge is 2.47. The van der Waals surface area contributed by atoms with Crippen LogP contribution in [0, 0.1) is 0 Å². The summed E-state index contributed by atoms with van der Waals surface area (Å²) in [5.74, 6) is -0.960. The first-order valence-electron chi connectivity index (χ1n) is 27.2. The summed E-state index contributed by atoms with van der Waals surface area (Å²) in [6.45, 7) is 2.33. The van der Waals surface area contributed by atoms with Gasteiger partial charge in [0.25, 0.3) is 0 Å². The summed E-state index contributed by atoms with van der Waals surface area (Å²) in [6.07, 6.45) is 36.0. The topological polar surface area (TPSA) is 231 Å². The van der Waals surface area contributed by atoms with Crippen molar-refractivity contribution >= 4 is 11.9 Å². The lowest BCUT2D eigenvalue weighted by Gasteiger charge is -2.42. The molecule has 0 amide bonds. The van der Waals surface area contributed by atoms with Crippen LogP contribution in [0.2, 0.25) is 0 Å². The molecule has 0 spiro atoms. The Hall–Kier alpha value is -3.32. The first-order valence-corrected chi connectivity index (χ1v) is 27.2. The lowest BCUT2D eigenvalue weighted by Crippen LogP contribution is -2.61. The van der Waals surface area contributed by atoms with Gasteiger partial charge in [-0.2, -0.15) is 0 Å². The van der Waals surface area contributed by atoms with Gasteiger partial charge in [0.15, 0.2) is 18.7 Å². The van der Waals surface area contributed by atoms with Crippen LogP contribution in [0.3, 0.4) is 0 Å². The number of hydrogen-bond donors (Lipinski definition) is 7. The van der Waals surface area contributed by atoms with Crippen molar-refractivity contribution in [3.05, 3.63) is 85.1 Å². The van der Waals surface area contributed by atoms with E-state index in [0.29, 0.717) is 12.8 Å². The van der Waals surface area contributed by atoms with E-state index in [1.807, 2.05) is 0 Å². The number of carbonyl (C=O) groups is 2. The summed E-state index contributed by atoms with van der Waals surface area (Å²) >= 11 is 0. The fourth-order valence-corrected chi connectivity index (χ4v) is 7.99. The average molecular weight is 1020 g/mol. The first kappa shape index (κ1) is 64.8. The molecule has 15 heteroatoms. The molecule has 0 aromatic rings. The SMILES string of the molecule is CC/C=C\C/C=C\C/C=C\C/C=C\CCCCCCCCCCC(=O)OC(COC(=O)CCCCCCC/C=C\C/C=C\C/C=C\CC)COC1OC(COC2OC(CO)C(O)C(O)C2O)C(O)C(O)C1O. The maximum absolute atomic E-state index is 13.0. The summed E-state index contributed by atoms with van der Waals surface area (Å²) in [7, 11) is 0. The highest BCUT2D eigenvalue weighted by atomic mass is 16.7. The van der Waals surface area contributed by atoms with Gasteiger partial charge in [-0.1, -0.05) is 157 Å². The number of carbonyl (C=O) groups excluding carboxylic acids is 2. The van der Waals surface area contributed by atoms with Crippen LogP contribution in [0.5, 0.6) is 0 Å². The number of allylic oxidation sites excluding steroid dienone is 14. The van der Waals surface area contributed by atoms with Crippen LogP contribution in [0.25, 0.3) is 0 Å². The lowest BCUT2D eigenvalue weighted by atomic mass is 9.98. The van der Waals surface area contributed by atoms with Crippen LogP contribution in [-0.2, 0) is 38.0 Å². The van der Waals surface area contributed by atoms with Crippen LogP contribution in [-0.4, -0.2) is 142 Å². The van der Waals surface area contributed by atoms with Crippen LogP contribution < -0.4 is 0 Å². The molecule has 2 saturated heterocycles. The summed E-state index contributed by atoms with van der Waals surface area (Å²) in [5, 5.41) is 72.2. The van der Waals surface area contributed by atoms with Gasteiger partial charge in [0.2, 0.25) is 0 Å². The van der Waals surface area contributed by atoms with E-state index in [9.17, 15) is 45.3 Å². The Morgan fingerprint density at radius 1 is 0.444 bits per heavy atom. The summed E-state index contributed by atoms with van der Waals surface area (Å²) in [5.41, 5.74) is 0. The van der Waals surface area contributed by atoms with E-state index in [1.54, 1.807) is 0 Å². The number of esters is 2. The van der Waals surface area contributed by atoms with Crippen molar-refractivity contribution in [1.82, 2.24) is 0 Å². The second kappa shape index (κ2) is 43.0. The molecule has 0 radical (unpaired) electrons. The maximum atomic E-state index is 13.0. The predicted octanol–water partition coefficient (Wildman–Crippen LogP) is 8.38. The predicted molar refractivity (Wildman–Crippen MR) is 279 cm³/mol. The van der Waals surface area contributed by atoms with Crippen molar-refractivity contribution in [3.8, 4) is 0 Å². The smallest absolute Gasteiger partial charge is 0.306 e.